The lowest BCUT2D eigenvalue weighted by Gasteiger charge is -2.10. The number of nitro benzene ring substituents is 1. The normalized spacial score (nSPS) is 11.2. The number of nitrogens with zero attached hydrogens (tertiary/aromatic N) is 1. The summed E-state index contributed by atoms with van der Waals surface area (Å²) < 4.78 is 29.8. The molecule has 0 bridgehead atoms. The highest BCUT2D eigenvalue weighted by atomic mass is 35.5. The highest BCUT2D eigenvalue weighted by Crippen LogP contribution is 2.30. The lowest BCUT2D eigenvalue weighted by molar-refractivity contribution is -0.388. The Morgan fingerprint density at radius 2 is 1.82 bits per heavy atom. The predicted molar refractivity (Wildman–Crippen MR) is 81.8 cm³/mol. The van der Waals surface area contributed by atoms with Crippen molar-refractivity contribution in [2.75, 3.05) is 0 Å². The third-order valence-electron chi connectivity index (χ3n) is 2.97. The van der Waals surface area contributed by atoms with E-state index in [1.165, 1.54) is 37.3 Å². The third kappa shape index (κ3) is 3.20. The molecule has 0 saturated carbocycles. The molecule has 0 N–H and O–H groups in total. The molecule has 0 unspecified atom stereocenters. The highest BCUT2D eigenvalue weighted by molar-refractivity contribution is 7.87. The molecule has 2 aromatic carbocycles. The maximum atomic E-state index is 12.4. The topological polar surface area (TPSA) is 86.5 Å². The molecule has 0 aromatic heterocycles. The Morgan fingerprint density at radius 1 is 1.14 bits per heavy atom. The summed E-state index contributed by atoms with van der Waals surface area (Å²) >= 11 is 5.87. The number of hydrogen-bond donors (Lipinski definition) is 0. The van der Waals surface area contributed by atoms with Crippen LogP contribution in [0.4, 0.5) is 5.69 Å². The molecule has 0 spiro atoms. The van der Waals surface area contributed by atoms with E-state index in [1.807, 2.05) is 0 Å². The van der Waals surface area contributed by atoms with Crippen molar-refractivity contribution < 1.29 is 17.5 Å². The molecular weight excluding hydrogens is 330 g/mol. The fourth-order valence-corrected chi connectivity index (χ4v) is 3.36. The summed E-state index contributed by atoms with van der Waals surface area (Å²) in [7, 11) is -4.33. The SMILES string of the molecule is Cc1cc(OS(=O)(=O)c2c(C)cccc2[N+](=O)[O-])ccc1Cl. The molecule has 0 radical (unpaired) electrons. The van der Waals surface area contributed by atoms with Crippen LogP contribution in [0.3, 0.4) is 0 Å². The van der Waals surface area contributed by atoms with Gasteiger partial charge >= 0.3 is 10.1 Å². The first-order valence-corrected chi connectivity index (χ1v) is 7.95. The zero-order valence-electron chi connectivity index (χ0n) is 11.7. The van der Waals surface area contributed by atoms with Gasteiger partial charge in [0.1, 0.15) is 5.75 Å². The van der Waals surface area contributed by atoms with Crippen molar-refractivity contribution in [2.45, 2.75) is 18.7 Å². The molecule has 0 aliphatic heterocycles. The first-order chi connectivity index (χ1) is 10.2. The van der Waals surface area contributed by atoms with E-state index in [2.05, 4.69) is 0 Å². The summed E-state index contributed by atoms with van der Waals surface area (Å²) in [5, 5.41) is 11.5. The molecule has 22 heavy (non-hydrogen) atoms. The first kappa shape index (κ1) is 16.3. The average molecular weight is 342 g/mol. The number of nitro groups is 1. The lowest BCUT2D eigenvalue weighted by atomic mass is 10.2. The first-order valence-electron chi connectivity index (χ1n) is 6.17. The van der Waals surface area contributed by atoms with Crippen molar-refractivity contribution in [2.24, 2.45) is 0 Å². The lowest BCUT2D eigenvalue weighted by Crippen LogP contribution is -2.13. The van der Waals surface area contributed by atoms with Gasteiger partial charge in [0.05, 0.1) is 4.92 Å². The number of benzene rings is 2. The molecule has 0 aliphatic carbocycles. The van der Waals surface area contributed by atoms with Crippen LogP contribution in [-0.4, -0.2) is 13.3 Å². The van der Waals surface area contributed by atoms with Gasteiger partial charge in [-0.15, -0.1) is 0 Å². The van der Waals surface area contributed by atoms with Crippen LogP contribution in [0.2, 0.25) is 5.02 Å². The molecule has 116 valence electrons. The van der Waals surface area contributed by atoms with Crippen LogP contribution in [0.1, 0.15) is 11.1 Å². The summed E-state index contributed by atoms with van der Waals surface area (Å²) in [6.07, 6.45) is 0. The zero-order valence-corrected chi connectivity index (χ0v) is 13.3. The Kier molecular flexibility index (Phi) is 4.39. The van der Waals surface area contributed by atoms with Crippen LogP contribution in [0.15, 0.2) is 41.3 Å². The van der Waals surface area contributed by atoms with Gasteiger partial charge in [0.25, 0.3) is 5.69 Å². The largest absolute Gasteiger partial charge is 0.379 e. The van der Waals surface area contributed by atoms with Crippen LogP contribution >= 0.6 is 11.6 Å². The summed E-state index contributed by atoms with van der Waals surface area (Å²) in [6, 6.07) is 8.33. The Hall–Kier alpha value is -2.12. The number of rotatable bonds is 4. The number of halogens is 1. The van der Waals surface area contributed by atoms with Crippen LogP contribution in [0.5, 0.6) is 5.75 Å². The van der Waals surface area contributed by atoms with Gasteiger partial charge in [-0.3, -0.25) is 10.1 Å². The van der Waals surface area contributed by atoms with Crippen molar-refractivity contribution in [3.63, 3.8) is 0 Å². The molecule has 2 aromatic rings. The zero-order chi connectivity index (χ0) is 16.5. The van der Waals surface area contributed by atoms with Crippen LogP contribution < -0.4 is 4.18 Å². The average Bonchev–Trinajstić information content (AvgIpc) is 2.42. The Labute approximate surface area is 132 Å². The monoisotopic (exact) mass is 341 g/mol. The molecule has 6 nitrogen and oxygen atoms in total. The summed E-state index contributed by atoms with van der Waals surface area (Å²) in [6.45, 7) is 3.16. The molecule has 0 heterocycles. The van der Waals surface area contributed by atoms with E-state index < -0.39 is 25.6 Å². The van der Waals surface area contributed by atoms with Crippen LogP contribution in [0.25, 0.3) is 0 Å². The minimum Gasteiger partial charge on any atom is -0.379 e. The molecular formula is C14H12ClNO5S. The van der Waals surface area contributed by atoms with Gasteiger partial charge in [0.2, 0.25) is 0 Å². The summed E-state index contributed by atoms with van der Waals surface area (Å²) in [5.41, 5.74) is 0.347. The second kappa shape index (κ2) is 5.94. The van der Waals surface area contributed by atoms with Gasteiger partial charge in [0, 0.05) is 11.1 Å². The van der Waals surface area contributed by atoms with E-state index in [0.29, 0.717) is 10.6 Å². The summed E-state index contributed by atoms with van der Waals surface area (Å²) in [4.78, 5) is 9.84. The Balaban J connectivity index is 2.51. The molecule has 0 saturated heterocycles. The highest BCUT2D eigenvalue weighted by Gasteiger charge is 2.29. The Bertz CT molecular complexity index is 848. The smallest absolute Gasteiger partial charge is 0.346 e. The van der Waals surface area contributed by atoms with Crippen molar-refractivity contribution in [1.29, 1.82) is 0 Å². The minimum absolute atomic E-state index is 0.0412. The van der Waals surface area contributed by atoms with Crippen molar-refractivity contribution in [3.8, 4) is 5.75 Å². The standard InChI is InChI=1S/C14H12ClNO5S/c1-9-4-3-5-13(16(17)18)14(9)22(19,20)21-11-6-7-12(15)10(2)8-11/h3-8H,1-2H3. The van der Waals surface area contributed by atoms with Crippen LogP contribution in [0, 0.1) is 24.0 Å². The van der Waals surface area contributed by atoms with Gasteiger partial charge in [-0.25, -0.2) is 0 Å². The van der Waals surface area contributed by atoms with Gasteiger partial charge in [-0.1, -0.05) is 23.7 Å². The van der Waals surface area contributed by atoms with E-state index in [9.17, 15) is 18.5 Å². The van der Waals surface area contributed by atoms with E-state index in [0.717, 1.165) is 6.07 Å². The maximum absolute atomic E-state index is 12.4. The second-order valence-electron chi connectivity index (χ2n) is 4.63. The van der Waals surface area contributed by atoms with Gasteiger partial charge in [0.15, 0.2) is 4.90 Å². The van der Waals surface area contributed by atoms with Crippen molar-refractivity contribution >= 4 is 27.4 Å². The van der Waals surface area contributed by atoms with E-state index >= 15 is 0 Å². The van der Waals surface area contributed by atoms with E-state index in [1.54, 1.807) is 6.92 Å². The molecule has 0 atom stereocenters. The van der Waals surface area contributed by atoms with E-state index in [4.69, 9.17) is 15.8 Å². The van der Waals surface area contributed by atoms with Crippen LogP contribution in [-0.2, 0) is 10.1 Å². The summed E-state index contributed by atoms with van der Waals surface area (Å²) in [5.74, 6) is 0.0412. The number of hydrogen-bond acceptors (Lipinski definition) is 5. The predicted octanol–water partition coefficient (Wildman–Crippen LogP) is 3.63. The second-order valence-corrected chi connectivity index (χ2v) is 6.52. The molecule has 8 heteroatoms. The maximum Gasteiger partial charge on any atom is 0.346 e. The molecule has 2 rings (SSSR count). The van der Waals surface area contributed by atoms with Gasteiger partial charge in [-0.2, -0.15) is 8.42 Å². The fraction of sp³-hybridized carbons (Fsp3) is 0.143. The number of aryl methyl sites for hydroxylation is 2. The molecule has 0 fully saturated rings. The molecule has 0 aliphatic rings. The van der Waals surface area contributed by atoms with E-state index in [-0.39, 0.29) is 11.3 Å². The fourth-order valence-electron chi connectivity index (χ4n) is 1.94. The van der Waals surface area contributed by atoms with Gasteiger partial charge < -0.3 is 4.18 Å². The van der Waals surface area contributed by atoms with Crippen molar-refractivity contribution in [3.05, 3.63) is 62.7 Å². The third-order valence-corrected chi connectivity index (χ3v) is 4.84. The quantitative estimate of drug-likeness (QED) is 0.481. The Morgan fingerprint density at radius 3 is 2.41 bits per heavy atom. The van der Waals surface area contributed by atoms with Gasteiger partial charge in [-0.05, 0) is 43.2 Å². The minimum atomic E-state index is -4.33. The molecule has 0 amide bonds. The van der Waals surface area contributed by atoms with Crippen molar-refractivity contribution in [1.82, 2.24) is 0 Å².